The molecule has 2 N–H and O–H groups in total. The van der Waals surface area contributed by atoms with Crippen molar-refractivity contribution in [3.05, 3.63) is 36.5 Å². The van der Waals surface area contributed by atoms with E-state index < -0.39 is 32.5 Å². The maximum absolute atomic E-state index is 12.4. The SMILES string of the molecule is CCCCC/C=C/C/C=C/CCCCCCCCCCCC(=O)O[C@H](COC(=O)CC/C=C/CCCCCCCCCCCCC)COP(=O)(O)O. The molecule has 0 bridgehead atoms. The zero-order valence-corrected chi connectivity index (χ0v) is 34.4. The van der Waals surface area contributed by atoms with Crippen molar-refractivity contribution >= 4 is 19.8 Å². The van der Waals surface area contributed by atoms with E-state index in [1.165, 1.54) is 122 Å². The maximum atomic E-state index is 12.4. The van der Waals surface area contributed by atoms with Gasteiger partial charge in [0.1, 0.15) is 6.61 Å². The van der Waals surface area contributed by atoms with Crippen LogP contribution >= 0.6 is 7.82 Å². The quantitative estimate of drug-likeness (QED) is 0.0275. The predicted molar refractivity (Wildman–Crippen MR) is 216 cm³/mol. The molecule has 0 aliphatic rings. The van der Waals surface area contributed by atoms with Crippen molar-refractivity contribution in [2.45, 2.75) is 213 Å². The Hall–Kier alpha value is -1.73. The third kappa shape index (κ3) is 41.0. The summed E-state index contributed by atoms with van der Waals surface area (Å²) in [5.41, 5.74) is 0. The minimum absolute atomic E-state index is 0.184. The summed E-state index contributed by atoms with van der Waals surface area (Å²) in [6.45, 7) is 3.63. The second kappa shape index (κ2) is 39.0. The number of unbranched alkanes of at least 4 members (excludes halogenated alkanes) is 23. The molecule has 9 heteroatoms. The molecule has 52 heavy (non-hydrogen) atoms. The molecule has 0 aromatic rings. The molecule has 0 amide bonds. The molecule has 0 saturated carbocycles. The maximum Gasteiger partial charge on any atom is 0.469 e. The molecule has 1 atom stereocenters. The van der Waals surface area contributed by atoms with Gasteiger partial charge in [0.25, 0.3) is 0 Å². The molecule has 0 aliphatic carbocycles. The van der Waals surface area contributed by atoms with E-state index in [-0.39, 0.29) is 19.4 Å². The van der Waals surface area contributed by atoms with Gasteiger partial charge in [0.15, 0.2) is 6.10 Å². The Kier molecular flexibility index (Phi) is 37.7. The van der Waals surface area contributed by atoms with Crippen LogP contribution in [0.1, 0.15) is 206 Å². The van der Waals surface area contributed by atoms with E-state index in [9.17, 15) is 14.2 Å². The van der Waals surface area contributed by atoms with E-state index >= 15 is 0 Å². The number of allylic oxidation sites excluding steroid dienone is 6. The van der Waals surface area contributed by atoms with Crippen LogP contribution < -0.4 is 0 Å². The molecule has 0 spiro atoms. The Morgan fingerprint density at radius 3 is 1.40 bits per heavy atom. The van der Waals surface area contributed by atoms with Crippen molar-refractivity contribution in [2.75, 3.05) is 13.2 Å². The largest absolute Gasteiger partial charge is 0.469 e. The van der Waals surface area contributed by atoms with Crippen molar-refractivity contribution in [3.63, 3.8) is 0 Å². The Morgan fingerprint density at radius 1 is 0.500 bits per heavy atom. The van der Waals surface area contributed by atoms with Crippen molar-refractivity contribution < 1.29 is 37.9 Å². The minimum Gasteiger partial charge on any atom is -0.462 e. The van der Waals surface area contributed by atoms with Gasteiger partial charge in [-0.15, -0.1) is 0 Å². The summed E-state index contributed by atoms with van der Waals surface area (Å²) in [4.78, 5) is 42.8. The van der Waals surface area contributed by atoms with Crippen LogP contribution in [0.3, 0.4) is 0 Å². The summed E-state index contributed by atoms with van der Waals surface area (Å²) >= 11 is 0. The lowest BCUT2D eigenvalue weighted by Crippen LogP contribution is -2.29. The first kappa shape index (κ1) is 50.3. The van der Waals surface area contributed by atoms with Crippen LogP contribution in [0, 0.1) is 0 Å². The van der Waals surface area contributed by atoms with Crippen LogP contribution in [0.5, 0.6) is 0 Å². The third-order valence-electron chi connectivity index (χ3n) is 9.14. The first-order chi connectivity index (χ1) is 25.3. The van der Waals surface area contributed by atoms with E-state index in [0.717, 1.165) is 44.9 Å². The van der Waals surface area contributed by atoms with Crippen molar-refractivity contribution in [1.29, 1.82) is 0 Å². The second-order valence-electron chi connectivity index (χ2n) is 14.3. The fourth-order valence-corrected chi connectivity index (χ4v) is 6.31. The van der Waals surface area contributed by atoms with Crippen LogP contribution in [0.15, 0.2) is 36.5 Å². The minimum atomic E-state index is -4.76. The number of carbonyl (C=O) groups excluding carboxylic acids is 2. The zero-order chi connectivity index (χ0) is 38.2. The first-order valence-corrected chi connectivity index (χ1v) is 22.8. The molecule has 0 unspecified atom stereocenters. The Bertz CT molecular complexity index is 941. The normalized spacial score (nSPS) is 12.8. The molecule has 8 nitrogen and oxygen atoms in total. The smallest absolute Gasteiger partial charge is 0.462 e. The van der Waals surface area contributed by atoms with Crippen LogP contribution in [0.2, 0.25) is 0 Å². The van der Waals surface area contributed by atoms with E-state index in [4.69, 9.17) is 19.3 Å². The fourth-order valence-electron chi connectivity index (χ4n) is 5.95. The highest BCUT2D eigenvalue weighted by Crippen LogP contribution is 2.36. The van der Waals surface area contributed by atoms with Crippen molar-refractivity contribution in [2.24, 2.45) is 0 Å². The molecular weight excluding hydrogens is 675 g/mol. The van der Waals surface area contributed by atoms with Crippen LogP contribution in [-0.4, -0.2) is 41.0 Å². The number of hydrogen-bond acceptors (Lipinski definition) is 6. The molecule has 0 aromatic heterocycles. The molecule has 0 radical (unpaired) electrons. The molecule has 0 saturated heterocycles. The van der Waals surface area contributed by atoms with Gasteiger partial charge in [-0.1, -0.05) is 172 Å². The molecule has 304 valence electrons. The van der Waals surface area contributed by atoms with Gasteiger partial charge in [0.2, 0.25) is 0 Å². The van der Waals surface area contributed by atoms with Gasteiger partial charge in [-0.25, -0.2) is 4.57 Å². The number of ether oxygens (including phenoxy) is 2. The Labute approximate surface area is 319 Å². The highest BCUT2D eigenvalue weighted by atomic mass is 31.2. The summed E-state index contributed by atoms with van der Waals surface area (Å²) in [5, 5.41) is 0. The van der Waals surface area contributed by atoms with E-state index in [2.05, 4.69) is 48.8 Å². The number of esters is 2. The van der Waals surface area contributed by atoms with Gasteiger partial charge < -0.3 is 19.3 Å². The molecule has 0 heterocycles. The fraction of sp³-hybridized carbons (Fsp3) is 0.814. The van der Waals surface area contributed by atoms with Gasteiger partial charge in [0.05, 0.1) is 6.61 Å². The summed E-state index contributed by atoms with van der Waals surface area (Å²) in [6.07, 6.45) is 45.9. The highest BCUT2D eigenvalue weighted by molar-refractivity contribution is 7.46. The number of rotatable bonds is 39. The first-order valence-electron chi connectivity index (χ1n) is 21.3. The number of phosphoric acid groups is 1. The molecule has 0 rings (SSSR count). The Morgan fingerprint density at radius 2 is 0.904 bits per heavy atom. The van der Waals surface area contributed by atoms with Crippen molar-refractivity contribution in [3.8, 4) is 0 Å². The van der Waals surface area contributed by atoms with E-state index in [1.807, 2.05) is 6.08 Å². The lowest BCUT2D eigenvalue weighted by Gasteiger charge is -2.18. The van der Waals surface area contributed by atoms with Crippen LogP contribution in [-0.2, 0) is 28.2 Å². The molecule has 0 fully saturated rings. The van der Waals surface area contributed by atoms with Crippen LogP contribution in [0.25, 0.3) is 0 Å². The zero-order valence-electron chi connectivity index (χ0n) is 33.5. The van der Waals surface area contributed by atoms with Gasteiger partial charge in [-0.3, -0.25) is 14.1 Å². The summed E-state index contributed by atoms with van der Waals surface area (Å²) < 4.78 is 26.3. The molecule has 0 aliphatic heterocycles. The summed E-state index contributed by atoms with van der Waals surface area (Å²) in [5.74, 6) is -0.942. The van der Waals surface area contributed by atoms with Gasteiger partial charge >= 0.3 is 19.8 Å². The van der Waals surface area contributed by atoms with E-state index in [0.29, 0.717) is 12.8 Å². The summed E-state index contributed by atoms with van der Waals surface area (Å²) in [7, 11) is -4.76. The second-order valence-corrected chi connectivity index (χ2v) is 15.5. The standard InChI is InChI=1S/C43H79O8P/c1-3-5-7-9-11-13-15-17-19-20-21-22-24-26-28-30-32-34-36-38-43(45)51-41(40-50-52(46,47)48)39-49-42(44)37-35-33-31-29-27-25-23-18-16-14-12-10-8-6-4-2/h11,13,17,19,31,33,41H,3-10,12,14-16,18,20-30,32,34-40H2,1-2H3,(H2,46,47,48)/b13-11+,19-17+,33-31+/t41-/m1/s1. The number of hydrogen-bond donors (Lipinski definition) is 2. The average molecular weight is 755 g/mol. The van der Waals surface area contributed by atoms with Gasteiger partial charge in [0, 0.05) is 12.8 Å². The topological polar surface area (TPSA) is 119 Å². The third-order valence-corrected chi connectivity index (χ3v) is 9.63. The van der Waals surface area contributed by atoms with Gasteiger partial charge in [-0.05, 0) is 57.8 Å². The number of phosphoric ester groups is 1. The number of carbonyl (C=O) groups is 2. The van der Waals surface area contributed by atoms with Gasteiger partial charge in [-0.2, -0.15) is 0 Å². The monoisotopic (exact) mass is 755 g/mol. The Balaban J connectivity index is 3.94. The molecular formula is C43H79O8P. The lowest BCUT2D eigenvalue weighted by molar-refractivity contribution is -0.161. The average Bonchev–Trinajstić information content (AvgIpc) is 3.11. The van der Waals surface area contributed by atoms with E-state index in [1.54, 1.807) is 0 Å². The van der Waals surface area contributed by atoms with Crippen molar-refractivity contribution in [1.82, 2.24) is 0 Å². The molecule has 0 aromatic carbocycles. The van der Waals surface area contributed by atoms with Crippen LogP contribution in [0.4, 0.5) is 0 Å². The lowest BCUT2D eigenvalue weighted by atomic mass is 10.1. The summed E-state index contributed by atoms with van der Waals surface area (Å²) in [6, 6.07) is 0. The predicted octanol–water partition coefficient (Wildman–Crippen LogP) is 13.0. The highest BCUT2D eigenvalue weighted by Gasteiger charge is 2.22.